The molecule has 0 aliphatic heterocycles. The van der Waals surface area contributed by atoms with E-state index in [1.165, 1.54) is 16.7 Å². The van der Waals surface area contributed by atoms with E-state index in [-0.39, 0.29) is 18.0 Å². The van der Waals surface area contributed by atoms with E-state index in [2.05, 4.69) is 41.8 Å². The Hall–Kier alpha value is -3.05. The number of pyridine rings is 2. The molecule has 3 aromatic heterocycles. The van der Waals surface area contributed by atoms with E-state index in [0.29, 0.717) is 6.54 Å². The number of aromatic nitrogens is 3. The minimum absolute atomic E-state index is 0. The standard InChI is InChI=1S/C24H26N4O.ClH/c1-15-9-10-27(23(29)11-15)20-12-22(24-26-18(4)19(5)28(24)14-20)25-13-21-16(2)7-6-8-17(21)3;/h6-12,14,25H,13H2,1-5H3;1H. The first-order chi connectivity index (χ1) is 13.8. The summed E-state index contributed by atoms with van der Waals surface area (Å²) in [6.07, 6.45) is 3.80. The van der Waals surface area contributed by atoms with Gasteiger partial charge in [0.05, 0.1) is 17.1 Å². The number of aryl methyl sites for hydroxylation is 5. The van der Waals surface area contributed by atoms with Crippen LogP contribution in [0.4, 0.5) is 5.69 Å². The van der Waals surface area contributed by atoms with E-state index in [1.807, 2.05) is 45.3 Å². The molecule has 0 atom stereocenters. The van der Waals surface area contributed by atoms with Crippen LogP contribution in [0, 0.1) is 34.6 Å². The van der Waals surface area contributed by atoms with E-state index >= 15 is 0 Å². The predicted molar refractivity (Wildman–Crippen MR) is 125 cm³/mol. The van der Waals surface area contributed by atoms with Crippen molar-refractivity contribution >= 4 is 23.7 Å². The maximum absolute atomic E-state index is 12.6. The Morgan fingerprint density at radius 1 is 1.00 bits per heavy atom. The fourth-order valence-electron chi connectivity index (χ4n) is 3.72. The number of imidazole rings is 1. The van der Waals surface area contributed by atoms with Crippen molar-refractivity contribution in [2.45, 2.75) is 41.2 Å². The van der Waals surface area contributed by atoms with Crippen LogP contribution in [0.2, 0.25) is 0 Å². The zero-order chi connectivity index (χ0) is 20.7. The summed E-state index contributed by atoms with van der Waals surface area (Å²) in [6, 6.07) is 11.9. The smallest absolute Gasteiger partial charge is 0.255 e. The number of fused-ring (bicyclic) bond motifs is 1. The highest BCUT2D eigenvalue weighted by Crippen LogP contribution is 2.25. The summed E-state index contributed by atoms with van der Waals surface area (Å²) in [7, 11) is 0. The Labute approximate surface area is 182 Å². The summed E-state index contributed by atoms with van der Waals surface area (Å²) in [5.41, 5.74) is 9.35. The summed E-state index contributed by atoms with van der Waals surface area (Å²) in [5, 5.41) is 3.57. The van der Waals surface area contributed by atoms with E-state index in [9.17, 15) is 4.79 Å². The summed E-state index contributed by atoms with van der Waals surface area (Å²) in [4.78, 5) is 17.3. The zero-order valence-electron chi connectivity index (χ0n) is 18.0. The minimum Gasteiger partial charge on any atom is -0.378 e. The van der Waals surface area contributed by atoms with Gasteiger partial charge in [-0.1, -0.05) is 18.2 Å². The summed E-state index contributed by atoms with van der Waals surface area (Å²) >= 11 is 0. The Morgan fingerprint density at radius 2 is 1.70 bits per heavy atom. The van der Waals surface area contributed by atoms with E-state index < -0.39 is 0 Å². The fourth-order valence-corrected chi connectivity index (χ4v) is 3.72. The lowest BCUT2D eigenvalue weighted by atomic mass is 10.0. The molecule has 0 saturated carbocycles. The maximum Gasteiger partial charge on any atom is 0.255 e. The SMILES string of the molecule is Cc1ccn(-c2cc(NCc3c(C)cccc3C)c3nc(C)c(C)n3c2)c(=O)c1.Cl. The van der Waals surface area contributed by atoms with Crippen molar-refractivity contribution in [1.29, 1.82) is 0 Å². The van der Waals surface area contributed by atoms with E-state index in [0.717, 1.165) is 34.0 Å². The van der Waals surface area contributed by atoms with Crippen LogP contribution in [0.3, 0.4) is 0 Å². The predicted octanol–water partition coefficient (Wildman–Crippen LogP) is 5.06. The van der Waals surface area contributed by atoms with Gasteiger partial charge >= 0.3 is 0 Å². The molecular weight excluding hydrogens is 396 g/mol. The average Bonchev–Trinajstić information content (AvgIpc) is 2.96. The van der Waals surface area contributed by atoms with Crippen molar-refractivity contribution in [3.8, 4) is 5.69 Å². The van der Waals surface area contributed by atoms with Gasteiger partial charge in [-0.15, -0.1) is 12.4 Å². The van der Waals surface area contributed by atoms with Crippen LogP contribution in [0.1, 0.15) is 33.6 Å². The van der Waals surface area contributed by atoms with Crippen molar-refractivity contribution in [2.24, 2.45) is 0 Å². The van der Waals surface area contributed by atoms with Gasteiger partial charge in [-0.05, 0) is 69.0 Å². The van der Waals surface area contributed by atoms with Gasteiger partial charge in [0.1, 0.15) is 0 Å². The van der Waals surface area contributed by atoms with Crippen LogP contribution in [0.5, 0.6) is 0 Å². The second-order valence-corrected chi connectivity index (χ2v) is 7.72. The van der Waals surface area contributed by atoms with Gasteiger partial charge < -0.3 is 9.72 Å². The third-order valence-electron chi connectivity index (χ3n) is 5.63. The number of nitrogens with one attached hydrogen (secondary N) is 1. The first-order valence-corrected chi connectivity index (χ1v) is 9.83. The average molecular weight is 423 g/mol. The largest absolute Gasteiger partial charge is 0.378 e. The van der Waals surface area contributed by atoms with Gasteiger partial charge in [-0.25, -0.2) is 4.98 Å². The second kappa shape index (κ2) is 8.36. The van der Waals surface area contributed by atoms with Crippen LogP contribution in [0.25, 0.3) is 11.3 Å². The van der Waals surface area contributed by atoms with Gasteiger partial charge in [0, 0.05) is 30.7 Å². The molecule has 4 rings (SSSR count). The lowest BCUT2D eigenvalue weighted by Crippen LogP contribution is -2.17. The van der Waals surface area contributed by atoms with Crippen LogP contribution in [-0.2, 0) is 6.54 Å². The Kier molecular flexibility index (Phi) is 6.04. The van der Waals surface area contributed by atoms with Gasteiger partial charge in [-0.2, -0.15) is 0 Å². The highest BCUT2D eigenvalue weighted by molar-refractivity contribution is 5.85. The molecule has 0 aliphatic carbocycles. The van der Waals surface area contributed by atoms with Crippen LogP contribution < -0.4 is 10.9 Å². The molecule has 1 aromatic carbocycles. The first kappa shape index (κ1) is 21.7. The number of halogens is 1. The van der Waals surface area contributed by atoms with Crippen LogP contribution in [-0.4, -0.2) is 14.0 Å². The third kappa shape index (κ3) is 3.85. The van der Waals surface area contributed by atoms with Gasteiger partial charge in [-0.3, -0.25) is 9.36 Å². The van der Waals surface area contributed by atoms with Crippen molar-refractivity contribution in [1.82, 2.24) is 14.0 Å². The molecule has 4 aromatic rings. The number of nitrogens with zero attached hydrogens (tertiary/aromatic N) is 3. The molecular formula is C24H27ClN4O. The molecule has 0 bridgehead atoms. The van der Waals surface area contributed by atoms with Gasteiger partial charge in [0.2, 0.25) is 0 Å². The van der Waals surface area contributed by atoms with Crippen molar-refractivity contribution in [2.75, 3.05) is 5.32 Å². The molecule has 0 amide bonds. The lowest BCUT2D eigenvalue weighted by Gasteiger charge is -2.15. The van der Waals surface area contributed by atoms with Crippen LogP contribution in [0.15, 0.2) is 53.6 Å². The monoisotopic (exact) mass is 422 g/mol. The highest BCUT2D eigenvalue weighted by Gasteiger charge is 2.13. The van der Waals surface area contributed by atoms with Gasteiger partial charge in [0.25, 0.3) is 5.56 Å². The summed E-state index contributed by atoms with van der Waals surface area (Å²) in [6.45, 7) is 10.9. The molecule has 3 heterocycles. The van der Waals surface area contributed by atoms with Gasteiger partial charge in [0.15, 0.2) is 5.65 Å². The quantitative estimate of drug-likeness (QED) is 0.500. The molecule has 1 N–H and O–H groups in total. The highest BCUT2D eigenvalue weighted by atomic mass is 35.5. The van der Waals surface area contributed by atoms with Crippen molar-refractivity contribution in [3.05, 3.63) is 92.8 Å². The zero-order valence-corrected chi connectivity index (χ0v) is 18.8. The number of hydrogen-bond donors (Lipinski definition) is 1. The Bertz CT molecular complexity index is 1270. The molecule has 0 saturated heterocycles. The van der Waals surface area contributed by atoms with E-state index in [1.54, 1.807) is 10.6 Å². The maximum atomic E-state index is 12.6. The molecule has 0 fully saturated rings. The topological polar surface area (TPSA) is 51.3 Å². The number of rotatable bonds is 4. The molecule has 0 unspecified atom stereocenters. The molecule has 30 heavy (non-hydrogen) atoms. The molecule has 0 aliphatic rings. The minimum atomic E-state index is -0.0421. The Balaban J connectivity index is 0.00000256. The molecule has 5 nitrogen and oxygen atoms in total. The number of benzene rings is 1. The molecule has 6 heteroatoms. The van der Waals surface area contributed by atoms with Crippen molar-refractivity contribution in [3.63, 3.8) is 0 Å². The Morgan fingerprint density at radius 3 is 2.37 bits per heavy atom. The normalized spacial score (nSPS) is 10.8. The summed E-state index contributed by atoms with van der Waals surface area (Å²) in [5.74, 6) is 0. The first-order valence-electron chi connectivity index (χ1n) is 9.83. The van der Waals surface area contributed by atoms with Crippen molar-refractivity contribution < 1.29 is 0 Å². The third-order valence-corrected chi connectivity index (χ3v) is 5.63. The number of hydrogen-bond acceptors (Lipinski definition) is 3. The molecule has 156 valence electrons. The van der Waals surface area contributed by atoms with E-state index in [4.69, 9.17) is 4.98 Å². The number of anilines is 1. The van der Waals surface area contributed by atoms with Crippen LogP contribution >= 0.6 is 12.4 Å². The summed E-state index contributed by atoms with van der Waals surface area (Å²) < 4.78 is 3.73. The lowest BCUT2D eigenvalue weighted by molar-refractivity contribution is 0.953. The fraction of sp³-hybridized carbons (Fsp3) is 0.250. The molecule has 0 spiro atoms. The second-order valence-electron chi connectivity index (χ2n) is 7.72. The molecule has 0 radical (unpaired) electrons.